The van der Waals surface area contributed by atoms with E-state index in [1.807, 2.05) is 23.1 Å². The van der Waals surface area contributed by atoms with Crippen molar-refractivity contribution in [3.8, 4) is 11.5 Å². The molecule has 2 N–H and O–H groups in total. The summed E-state index contributed by atoms with van der Waals surface area (Å²) in [5, 5.41) is 14.3. The average Bonchev–Trinajstić information content (AvgIpc) is 3.39. The molecule has 0 radical (unpaired) electrons. The van der Waals surface area contributed by atoms with Gasteiger partial charge in [-0.1, -0.05) is 5.10 Å². The Morgan fingerprint density at radius 2 is 1.82 bits per heavy atom. The molecule has 3 aromatic rings. The summed E-state index contributed by atoms with van der Waals surface area (Å²) in [5.41, 5.74) is 3.80. The molecule has 11 heteroatoms. The molecule has 0 unspecified atom stereocenters. The molecule has 5 rings (SSSR count). The zero-order valence-electron chi connectivity index (χ0n) is 19.2. The van der Waals surface area contributed by atoms with Gasteiger partial charge in [-0.2, -0.15) is 0 Å². The van der Waals surface area contributed by atoms with Gasteiger partial charge in [0, 0.05) is 45.5 Å². The Kier molecular flexibility index (Phi) is 6.17. The molecule has 34 heavy (non-hydrogen) atoms. The molecular weight excluding hydrogens is 438 g/mol. The van der Waals surface area contributed by atoms with Crippen molar-refractivity contribution in [1.29, 1.82) is 0 Å². The lowest BCUT2D eigenvalue weighted by molar-refractivity contribution is 0.0990. The molecule has 0 spiro atoms. The van der Waals surface area contributed by atoms with E-state index in [0.717, 1.165) is 43.9 Å². The van der Waals surface area contributed by atoms with Crippen LogP contribution in [-0.4, -0.2) is 68.0 Å². The number of methoxy groups -OCH3 is 2. The summed E-state index contributed by atoms with van der Waals surface area (Å²) in [5.74, 6) is 0.822. The Morgan fingerprint density at radius 3 is 2.59 bits per heavy atom. The van der Waals surface area contributed by atoms with Gasteiger partial charge >= 0.3 is 17.8 Å². The van der Waals surface area contributed by atoms with Gasteiger partial charge in [-0.3, -0.25) is 9.78 Å². The van der Waals surface area contributed by atoms with Gasteiger partial charge in [0.25, 0.3) is 0 Å². The number of piperazine rings is 1. The maximum atomic E-state index is 12.9. The van der Waals surface area contributed by atoms with Gasteiger partial charge in [0.2, 0.25) is 0 Å². The summed E-state index contributed by atoms with van der Waals surface area (Å²) < 4.78 is 16.6. The number of carbonyl (C=O) groups excluding carboxylic acids is 1. The molecule has 2 aliphatic heterocycles. The number of nitrogens with zero attached hydrogens (tertiary/aromatic N) is 5. The maximum absolute atomic E-state index is 12.9. The van der Waals surface area contributed by atoms with Crippen molar-refractivity contribution in [2.45, 2.75) is 13.0 Å². The van der Waals surface area contributed by atoms with E-state index >= 15 is 0 Å². The first-order chi connectivity index (χ1) is 16.7. The first-order valence-corrected chi connectivity index (χ1v) is 11.2. The molecule has 1 fully saturated rings. The van der Waals surface area contributed by atoms with Crippen LogP contribution in [0.5, 0.6) is 11.5 Å². The third-order valence-corrected chi connectivity index (χ3v) is 6.10. The van der Waals surface area contributed by atoms with Gasteiger partial charge in [-0.15, -0.1) is 5.10 Å². The van der Waals surface area contributed by atoms with E-state index in [4.69, 9.17) is 13.9 Å². The predicted octanol–water partition coefficient (Wildman–Crippen LogP) is 1.71. The molecule has 0 bridgehead atoms. The van der Waals surface area contributed by atoms with E-state index in [9.17, 15) is 4.79 Å². The highest BCUT2D eigenvalue weighted by Gasteiger charge is 2.25. The smallest absolute Gasteiger partial charge is 0.318 e. The first kappa shape index (κ1) is 22.0. The minimum Gasteiger partial charge on any atom is -0.493 e. The number of pyridine rings is 1. The summed E-state index contributed by atoms with van der Waals surface area (Å²) in [4.78, 5) is 21.2. The molecule has 178 valence electrons. The van der Waals surface area contributed by atoms with Gasteiger partial charge < -0.3 is 34.3 Å². The van der Waals surface area contributed by atoms with E-state index < -0.39 is 5.91 Å². The second kappa shape index (κ2) is 9.56. The summed E-state index contributed by atoms with van der Waals surface area (Å²) in [6, 6.07) is 6.17. The second-order valence-corrected chi connectivity index (χ2v) is 8.12. The molecule has 2 aromatic heterocycles. The number of nitrogens with one attached hydrogen (secondary N) is 2. The largest absolute Gasteiger partial charge is 0.493 e. The van der Waals surface area contributed by atoms with Crippen LogP contribution in [0.2, 0.25) is 0 Å². The van der Waals surface area contributed by atoms with Crippen LogP contribution < -0.4 is 29.9 Å². The van der Waals surface area contributed by atoms with Gasteiger partial charge in [-0.05, 0) is 35.7 Å². The third kappa shape index (κ3) is 4.34. The van der Waals surface area contributed by atoms with Crippen molar-refractivity contribution in [3.05, 3.63) is 47.6 Å². The molecule has 0 aliphatic carbocycles. The number of fused-ring (bicyclic) bond motifs is 1. The van der Waals surface area contributed by atoms with E-state index in [2.05, 4.69) is 30.7 Å². The van der Waals surface area contributed by atoms with Gasteiger partial charge in [0.1, 0.15) is 0 Å². The molecule has 1 aromatic carbocycles. The zero-order valence-corrected chi connectivity index (χ0v) is 19.2. The highest BCUT2D eigenvalue weighted by Crippen LogP contribution is 2.34. The fraction of sp³-hybridized carbons (Fsp3) is 0.391. The molecule has 1 amide bonds. The van der Waals surface area contributed by atoms with Crippen LogP contribution in [0, 0.1) is 0 Å². The summed E-state index contributed by atoms with van der Waals surface area (Å²) >= 11 is 0. The number of ether oxygens (including phenoxy) is 2. The fourth-order valence-corrected chi connectivity index (χ4v) is 4.32. The minimum absolute atomic E-state index is 0.0942. The first-order valence-electron chi connectivity index (χ1n) is 11.2. The molecule has 0 atom stereocenters. The van der Waals surface area contributed by atoms with Gasteiger partial charge in [0.15, 0.2) is 11.5 Å². The Hall–Kier alpha value is -3.86. The van der Waals surface area contributed by atoms with E-state index in [1.54, 1.807) is 26.6 Å². The number of carbonyl (C=O) groups is 1. The Bertz CT molecular complexity index is 1180. The summed E-state index contributed by atoms with van der Waals surface area (Å²) in [6.45, 7) is 4.73. The van der Waals surface area contributed by atoms with Crippen LogP contribution in [0.4, 0.5) is 17.4 Å². The van der Waals surface area contributed by atoms with E-state index in [1.165, 1.54) is 5.56 Å². The standard InChI is InChI=1S/C23H27N7O4/c1-32-19-11-15-4-8-30(14-16(15)12-20(19)33-2)23-28-27-22(34-23)21(31)26-17-13-25-5-3-18(17)29-9-6-24-7-10-29/h3,5,11-13,24H,4,6-10,14H2,1-2H3,(H,26,31). The topological polar surface area (TPSA) is 118 Å². The van der Waals surface area contributed by atoms with Gasteiger partial charge in [-0.25, -0.2) is 0 Å². The van der Waals surface area contributed by atoms with Crippen LogP contribution in [0.25, 0.3) is 0 Å². The number of anilines is 3. The highest BCUT2D eigenvalue weighted by molar-refractivity contribution is 6.02. The second-order valence-electron chi connectivity index (χ2n) is 8.12. The summed E-state index contributed by atoms with van der Waals surface area (Å²) in [6.07, 6.45) is 4.13. The fourth-order valence-electron chi connectivity index (χ4n) is 4.32. The molecular formula is C23H27N7O4. The monoisotopic (exact) mass is 465 g/mol. The van der Waals surface area contributed by atoms with Crippen LogP contribution >= 0.6 is 0 Å². The summed E-state index contributed by atoms with van der Waals surface area (Å²) in [7, 11) is 3.24. The number of rotatable bonds is 6. The zero-order chi connectivity index (χ0) is 23.5. The highest BCUT2D eigenvalue weighted by atomic mass is 16.5. The van der Waals surface area contributed by atoms with Crippen LogP contribution in [0.15, 0.2) is 35.0 Å². The van der Waals surface area contributed by atoms with Crippen molar-refractivity contribution in [3.63, 3.8) is 0 Å². The normalized spacial score (nSPS) is 15.6. The molecule has 11 nitrogen and oxygen atoms in total. The van der Waals surface area contributed by atoms with E-state index in [0.29, 0.717) is 36.3 Å². The SMILES string of the molecule is COc1cc2c(cc1OC)CN(c1nnc(C(=O)Nc3cnccc3N3CCNCC3)o1)CC2. The lowest BCUT2D eigenvalue weighted by Gasteiger charge is -2.30. The Morgan fingerprint density at radius 1 is 1.06 bits per heavy atom. The predicted molar refractivity (Wildman–Crippen MR) is 126 cm³/mol. The lowest BCUT2D eigenvalue weighted by atomic mass is 9.99. The van der Waals surface area contributed by atoms with Gasteiger partial charge in [0.05, 0.1) is 31.8 Å². The molecule has 1 saturated heterocycles. The number of hydrogen-bond acceptors (Lipinski definition) is 10. The van der Waals surface area contributed by atoms with Crippen molar-refractivity contribution < 1.29 is 18.7 Å². The lowest BCUT2D eigenvalue weighted by Crippen LogP contribution is -2.43. The van der Waals surface area contributed by atoms with E-state index in [-0.39, 0.29) is 5.89 Å². The van der Waals surface area contributed by atoms with Crippen LogP contribution in [-0.2, 0) is 13.0 Å². The number of aromatic nitrogens is 3. The van der Waals surface area contributed by atoms with Crippen LogP contribution in [0.1, 0.15) is 21.8 Å². The molecule has 4 heterocycles. The Labute approximate surface area is 197 Å². The van der Waals surface area contributed by atoms with Crippen molar-refractivity contribution in [2.75, 3.05) is 62.1 Å². The van der Waals surface area contributed by atoms with Crippen molar-refractivity contribution in [2.24, 2.45) is 0 Å². The van der Waals surface area contributed by atoms with Crippen molar-refractivity contribution >= 4 is 23.3 Å². The number of hydrogen-bond donors (Lipinski definition) is 2. The number of benzene rings is 1. The minimum atomic E-state index is -0.466. The van der Waals surface area contributed by atoms with Crippen molar-refractivity contribution in [1.82, 2.24) is 20.5 Å². The third-order valence-electron chi connectivity index (χ3n) is 6.10. The quantitative estimate of drug-likeness (QED) is 0.557. The number of amides is 1. The van der Waals surface area contributed by atoms with Crippen LogP contribution in [0.3, 0.4) is 0 Å². The molecule has 2 aliphatic rings. The Balaban J connectivity index is 1.30. The maximum Gasteiger partial charge on any atom is 0.318 e. The average molecular weight is 466 g/mol. The molecule has 0 saturated carbocycles.